The molecule has 0 spiro atoms. The summed E-state index contributed by atoms with van der Waals surface area (Å²) in [5.41, 5.74) is 3.06. The van der Waals surface area contributed by atoms with Crippen molar-refractivity contribution in [3.8, 4) is 39.2 Å². The highest BCUT2D eigenvalue weighted by Gasteiger charge is 2.18. The Kier molecular flexibility index (Phi) is 8.34. The maximum atomic E-state index is 6.59. The summed E-state index contributed by atoms with van der Waals surface area (Å²) in [6.07, 6.45) is 0. The van der Waals surface area contributed by atoms with Gasteiger partial charge in [-0.15, -0.1) is 11.3 Å². The lowest BCUT2D eigenvalue weighted by molar-refractivity contribution is 0.131. The zero-order chi connectivity index (χ0) is 29.6. The second-order valence-corrected chi connectivity index (χ2v) is 12.3. The second kappa shape index (κ2) is 12.6. The van der Waals surface area contributed by atoms with Crippen molar-refractivity contribution in [3.63, 3.8) is 0 Å². The standard InChI is InChI=1S/C38H34O4S/c1-38(2,3)42-32-20-18-31(19-21-32)41-36-34-23-22-33(40-26-28-12-8-5-9-13-28)24-35(34)43-37(36)29-14-16-30(17-15-29)39-25-27-10-6-4-7-11-27/h4-24H,25-26H2,1-3H3. The Bertz CT molecular complexity index is 1770. The van der Waals surface area contributed by atoms with Gasteiger partial charge in [0.05, 0.1) is 4.88 Å². The fourth-order valence-corrected chi connectivity index (χ4v) is 5.83. The first-order valence-electron chi connectivity index (χ1n) is 14.4. The van der Waals surface area contributed by atoms with Crippen LogP contribution in [0.2, 0.25) is 0 Å². The van der Waals surface area contributed by atoms with E-state index < -0.39 is 0 Å². The van der Waals surface area contributed by atoms with Crippen LogP contribution in [0.15, 0.2) is 127 Å². The van der Waals surface area contributed by atoms with E-state index in [0.29, 0.717) is 13.2 Å². The summed E-state index contributed by atoms with van der Waals surface area (Å²) in [4.78, 5) is 1.04. The fourth-order valence-electron chi connectivity index (χ4n) is 4.67. The third kappa shape index (κ3) is 7.37. The number of rotatable bonds is 10. The predicted octanol–water partition coefficient (Wildman–Crippen LogP) is 10.7. The van der Waals surface area contributed by atoms with Crippen LogP contribution < -0.4 is 18.9 Å². The lowest BCUT2D eigenvalue weighted by Crippen LogP contribution is -2.22. The summed E-state index contributed by atoms with van der Waals surface area (Å²) in [5.74, 6) is 4.01. The molecule has 0 fully saturated rings. The number of benzene rings is 5. The number of ether oxygens (including phenoxy) is 4. The molecule has 0 bridgehead atoms. The molecule has 0 atom stereocenters. The number of thiophene rings is 1. The Morgan fingerprint density at radius 3 is 1.70 bits per heavy atom. The van der Waals surface area contributed by atoms with E-state index in [2.05, 4.69) is 48.5 Å². The Labute approximate surface area is 257 Å². The minimum absolute atomic E-state index is 0.267. The van der Waals surface area contributed by atoms with Crippen LogP contribution in [0.3, 0.4) is 0 Å². The summed E-state index contributed by atoms with van der Waals surface area (Å²) < 4.78 is 25.9. The van der Waals surface area contributed by atoms with Crippen LogP contribution in [0.1, 0.15) is 31.9 Å². The molecule has 5 aromatic carbocycles. The number of hydrogen-bond donors (Lipinski definition) is 0. The summed E-state index contributed by atoms with van der Waals surface area (Å²) >= 11 is 1.69. The van der Waals surface area contributed by atoms with Crippen molar-refractivity contribution in [2.24, 2.45) is 0 Å². The van der Waals surface area contributed by atoms with E-state index in [1.165, 1.54) is 0 Å². The lowest BCUT2D eigenvalue weighted by Gasteiger charge is -2.21. The second-order valence-electron chi connectivity index (χ2n) is 11.3. The van der Waals surface area contributed by atoms with Gasteiger partial charge >= 0.3 is 0 Å². The van der Waals surface area contributed by atoms with Crippen LogP contribution in [0.5, 0.6) is 28.7 Å². The highest BCUT2D eigenvalue weighted by molar-refractivity contribution is 7.22. The van der Waals surface area contributed by atoms with Crippen molar-refractivity contribution in [2.75, 3.05) is 0 Å². The van der Waals surface area contributed by atoms with Gasteiger partial charge in [-0.3, -0.25) is 0 Å². The molecular formula is C38H34O4S. The first-order valence-corrected chi connectivity index (χ1v) is 15.2. The fraction of sp³-hybridized carbons (Fsp3) is 0.158. The lowest BCUT2D eigenvalue weighted by atomic mass is 10.1. The summed E-state index contributed by atoms with van der Waals surface area (Å²) in [5, 5.41) is 1.03. The molecule has 4 nitrogen and oxygen atoms in total. The first kappa shape index (κ1) is 28.4. The average molecular weight is 587 g/mol. The molecule has 0 unspecified atom stereocenters. The summed E-state index contributed by atoms with van der Waals surface area (Å²) in [6, 6.07) is 42.6. The molecule has 1 aromatic heterocycles. The van der Waals surface area contributed by atoms with Crippen molar-refractivity contribution in [1.29, 1.82) is 0 Å². The van der Waals surface area contributed by atoms with Crippen LogP contribution in [0.4, 0.5) is 0 Å². The Morgan fingerprint density at radius 1 is 0.558 bits per heavy atom. The van der Waals surface area contributed by atoms with Crippen molar-refractivity contribution in [3.05, 3.63) is 139 Å². The Balaban J connectivity index is 1.28. The monoisotopic (exact) mass is 586 g/mol. The molecule has 6 aromatic rings. The molecule has 6 rings (SSSR count). The third-order valence-corrected chi connectivity index (χ3v) is 7.88. The van der Waals surface area contributed by atoms with Crippen molar-refractivity contribution in [1.82, 2.24) is 0 Å². The van der Waals surface area contributed by atoms with Gasteiger partial charge in [-0.2, -0.15) is 0 Å². The van der Waals surface area contributed by atoms with Gasteiger partial charge in [-0.1, -0.05) is 60.7 Å². The molecule has 5 heteroatoms. The van der Waals surface area contributed by atoms with Gasteiger partial charge in [-0.25, -0.2) is 0 Å². The van der Waals surface area contributed by atoms with Crippen molar-refractivity contribution >= 4 is 21.4 Å². The van der Waals surface area contributed by atoms with Gasteiger partial charge in [0.15, 0.2) is 5.75 Å². The van der Waals surface area contributed by atoms with Gasteiger partial charge < -0.3 is 18.9 Å². The van der Waals surface area contributed by atoms with Crippen LogP contribution in [0, 0.1) is 0 Å². The zero-order valence-corrected chi connectivity index (χ0v) is 25.4. The van der Waals surface area contributed by atoms with Gasteiger partial charge in [0.2, 0.25) is 0 Å². The number of hydrogen-bond acceptors (Lipinski definition) is 5. The Morgan fingerprint density at radius 2 is 1.09 bits per heavy atom. The van der Waals surface area contributed by atoms with E-state index >= 15 is 0 Å². The van der Waals surface area contributed by atoms with E-state index in [0.717, 1.165) is 60.4 Å². The smallest absolute Gasteiger partial charge is 0.153 e. The molecule has 0 aliphatic rings. The predicted molar refractivity (Wildman–Crippen MR) is 176 cm³/mol. The van der Waals surface area contributed by atoms with Gasteiger partial charge in [-0.05, 0) is 104 Å². The molecule has 1 heterocycles. The molecule has 0 aliphatic heterocycles. The van der Waals surface area contributed by atoms with Crippen LogP contribution >= 0.6 is 11.3 Å². The topological polar surface area (TPSA) is 36.9 Å². The van der Waals surface area contributed by atoms with E-state index in [-0.39, 0.29) is 5.60 Å². The molecule has 0 N–H and O–H groups in total. The molecule has 0 saturated heterocycles. The van der Waals surface area contributed by atoms with Crippen LogP contribution in [-0.2, 0) is 13.2 Å². The van der Waals surface area contributed by atoms with Gasteiger partial charge in [0.25, 0.3) is 0 Å². The molecule has 0 saturated carbocycles. The normalized spacial score (nSPS) is 11.3. The Hall–Kier alpha value is -4.74. The van der Waals surface area contributed by atoms with E-state index in [1.54, 1.807) is 11.3 Å². The third-order valence-electron chi connectivity index (χ3n) is 6.70. The van der Waals surface area contributed by atoms with Gasteiger partial charge in [0.1, 0.15) is 41.8 Å². The van der Waals surface area contributed by atoms with Crippen molar-refractivity contribution in [2.45, 2.75) is 39.6 Å². The quantitative estimate of drug-likeness (QED) is 0.160. The summed E-state index contributed by atoms with van der Waals surface area (Å²) in [7, 11) is 0. The molecule has 0 amide bonds. The maximum Gasteiger partial charge on any atom is 0.153 e. The van der Waals surface area contributed by atoms with E-state index in [1.807, 2.05) is 99.6 Å². The van der Waals surface area contributed by atoms with Gasteiger partial charge in [0, 0.05) is 10.1 Å². The maximum absolute atomic E-state index is 6.59. The number of fused-ring (bicyclic) bond motifs is 1. The van der Waals surface area contributed by atoms with Crippen LogP contribution in [-0.4, -0.2) is 5.60 Å². The molecular weight excluding hydrogens is 552 g/mol. The molecule has 0 radical (unpaired) electrons. The minimum atomic E-state index is -0.267. The summed E-state index contributed by atoms with van der Waals surface area (Å²) in [6.45, 7) is 7.16. The van der Waals surface area contributed by atoms with E-state index in [9.17, 15) is 0 Å². The molecule has 216 valence electrons. The van der Waals surface area contributed by atoms with Crippen molar-refractivity contribution < 1.29 is 18.9 Å². The minimum Gasteiger partial charge on any atom is -0.489 e. The highest BCUT2D eigenvalue weighted by Crippen LogP contribution is 2.47. The SMILES string of the molecule is CC(C)(C)Oc1ccc(Oc2c(-c3ccc(OCc4ccccc4)cc3)sc3cc(OCc4ccccc4)ccc23)cc1. The first-order chi connectivity index (χ1) is 20.9. The molecule has 0 aliphatic carbocycles. The zero-order valence-electron chi connectivity index (χ0n) is 24.6. The average Bonchev–Trinajstić information content (AvgIpc) is 3.38. The molecule has 43 heavy (non-hydrogen) atoms. The van der Waals surface area contributed by atoms with Crippen LogP contribution in [0.25, 0.3) is 20.5 Å². The highest BCUT2D eigenvalue weighted by atomic mass is 32.1. The van der Waals surface area contributed by atoms with E-state index in [4.69, 9.17) is 18.9 Å². The largest absolute Gasteiger partial charge is 0.489 e.